The SMILES string of the molecule is CCCCOCCOCCOP(=O)(O)Cl. The molecule has 1 N–H and O–H groups in total. The van der Waals surface area contributed by atoms with Crippen molar-refractivity contribution < 1.29 is 23.5 Å². The lowest BCUT2D eigenvalue weighted by atomic mass is 10.4. The summed E-state index contributed by atoms with van der Waals surface area (Å²) in [6.45, 7) is 0.170. The van der Waals surface area contributed by atoms with Crippen LogP contribution in [0, 0.1) is 0 Å². The smallest absolute Gasteiger partial charge is 0.379 e. The number of unbranched alkanes of at least 4 members (excludes halogenated alkanes) is 1. The van der Waals surface area contributed by atoms with Gasteiger partial charge in [0.05, 0.1) is 26.4 Å². The fraction of sp³-hybridized carbons (Fsp3) is 1.00. The quantitative estimate of drug-likeness (QED) is 0.482. The van der Waals surface area contributed by atoms with Gasteiger partial charge in [-0.3, -0.25) is 4.52 Å². The van der Waals surface area contributed by atoms with Crippen LogP contribution in [-0.2, 0) is 18.6 Å². The molecule has 0 rings (SSSR count). The van der Waals surface area contributed by atoms with Crippen LogP contribution in [0.2, 0.25) is 0 Å². The first-order chi connectivity index (χ1) is 7.06. The highest BCUT2D eigenvalue weighted by atomic mass is 35.7. The Labute approximate surface area is 95.0 Å². The molecule has 0 fully saturated rings. The van der Waals surface area contributed by atoms with Crippen LogP contribution >= 0.6 is 18.2 Å². The van der Waals surface area contributed by atoms with Crippen molar-refractivity contribution in [2.75, 3.05) is 33.0 Å². The summed E-state index contributed by atoms with van der Waals surface area (Å²) in [5.41, 5.74) is 0. The van der Waals surface area contributed by atoms with E-state index in [1.807, 2.05) is 0 Å². The predicted molar refractivity (Wildman–Crippen MR) is 58.2 cm³/mol. The number of halogens is 1. The van der Waals surface area contributed by atoms with Gasteiger partial charge in [-0.1, -0.05) is 13.3 Å². The fourth-order valence-corrected chi connectivity index (χ4v) is 1.28. The minimum atomic E-state index is -3.88. The molecule has 15 heavy (non-hydrogen) atoms. The third kappa shape index (κ3) is 14.4. The maximum Gasteiger partial charge on any atom is 0.421 e. The maximum absolute atomic E-state index is 10.4. The first kappa shape index (κ1) is 15.4. The Balaban J connectivity index is 3.02. The number of hydrogen-bond acceptors (Lipinski definition) is 4. The Kier molecular flexibility index (Phi) is 9.81. The molecule has 1 unspecified atom stereocenters. The van der Waals surface area contributed by atoms with E-state index >= 15 is 0 Å². The molecule has 0 aromatic heterocycles. The van der Waals surface area contributed by atoms with Gasteiger partial charge in [-0.25, -0.2) is 4.57 Å². The fourth-order valence-electron chi connectivity index (χ4n) is 0.777. The highest BCUT2D eigenvalue weighted by molar-refractivity contribution is 7.80. The van der Waals surface area contributed by atoms with Gasteiger partial charge in [0.15, 0.2) is 0 Å². The van der Waals surface area contributed by atoms with E-state index in [2.05, 4.69) is 11.4 Å². The number of rotatable bonds is 10. The van der Waals surface area contributed by atoms with Crippen LogP contribution in [0.4, 0.5) is 0 Å². The molecule has 0 amide bonds. The molecule has 0 aliphatic carbocycles. The van der Waals surface area contributed by atoms with Gasteiger partial charge in [-0.05, 0) is 6.42 Å². The molecule has 92 valence electrons. The normalized spacial score (nSPS) is 15.1. The van der Waals surface area contributed by atoms with Gasteiger partial charge >= 0.3 is 6.95 Å². The molecule has 0 aromatic carbocycles. The standard InChI is InChI=1S/C8H18ClO5P/c1-2-3-4-12-5-6-13-7-8-14-15(9,10)11/h2-8H2,1H3,(H,10,11). The van der Waals surface area contributed by atoms with Crippen molar-refractivity contribution >= 4 is 18.2 Å². The van der Waals surface area contributed by atoms with Crippen molar-refractivity contribution in [1.82, 2.24) is 0 Å². The largest absolute Gasteiger partial charge is 0.421 e. The molecule has 0 radical (unpaired) electrons. The Morgan fingerprint density at radius 1 is 1.13 bits per heavy atom. The zero-order valence-electron chi connectivity index (χ0n) is 8.86. The van der Waals surface area contributed by atoms with Crippen molar-refractivity contribution in [3.05, 3.63) is 0 Å². The maximum atomic E-state index is 10.4. The van der Waals surface area contributed by atoms with Crippen LogP contribution < -0.4 is 0 Å². The van der Waals surface area contributed by atoms with Gasteiger partial charge in [0.25, 0.3) is 0 Å². The van der Waals surface area contributed by atoms with Crippen molar-refractivity contribution in [1.29, 1.82) is 0 Å². The summed E-state index contributed by atoms with van der Waals surface area (Å²) < 4.78 is 25.1. The van der Waals surface area contributed by atoms with E-state index in [4.69, 9.17) is 25.6 Å². The highest BCUT2D eigenvalue weighted by Gasteiger charge is 2.12. The molecular weight excluding hydrogens is 243 g/mol. The van der Waals surface area contributed by atoms with Gasteiger partial charge in [-0.15, -0.1) is 0 Å². The van der Waals surface area contributed by atoms with Crippen molar-refractivity contribution in [3.63, 3.8) is 0 Å². The van der Waals surface area contributed by atoms with E-state index < -0.39 is 6.95 Å². The van der Waals surface area contributed by atoms with E-state index in [-0.39, 0.29) is 13.2 Å². The summed E-state index contributed by atoms with van der Waals surface area (Å²) in [7, 11) is 0. The van der Waals surface area contributed by atoms with Crippen LogP contribution in [0.25, 0.3) is 0 Å². The molecule has 0 heterocycles. The third-order valence-electron chi connectivity index (χ3n) is 1.49. The van der Waals surface area contributed by atoms with Gasteiger partial charge in [0.1, 0.15) is 0 Å². The van der Waals surface area contributed by atoms with E-state index in [0.29, 0.717) is 13.2 Å². The monoisotopic (exact) mass is 260 g/mol. The van der Waals surface area contributed by atoms with Crippen LogP contribution in [0.5, 0.6) is 0 Å². The first-order valence-electron chi connectivity index (χ1n) is 4.88. The van der Waals surface area contributed by atoms with Gasteiger partial charge in [-0.2, -0.15) is 0 Å². The van der Waals surface area contributed by atoms with E-state index in [9.17, 15) is 4.57 Å². The summed E-state index contributed by atoms with van der Waals surface area (Å²) >= 11 is 4.94. The highest BCUT2D eigenvalue weighted by Crippen LogP contribution is 2.47. The lowest BCUT2D eigenvalue weighted by Crippen LogP contribution is -2.08. The van der Waals surface area contributed by atoms with Gasteiger partial charge in [0.2, 0.25) is 0 Å². The Morgan fingerprint density at radius 2 is 1.67 bits per heavy atom. The summed E-state index contributed by atoms with van der Waals surface area (Å²) in [5.74, 6) is 0. The van der Waals surface area contributed by atoms with Crippen LogP contribution in [0.1, 0.15) is 19.8 Å². The summed E-state index contributed by atoms with van der Waals surface area (Å²) in [6.07, 6.45) is 2.15. The molecule has 0 spiro atoms. The molecule has 0 aliphatic rings. The van der Waals surface area contributed by atoms with E-state index in [1.165, 1.54) is 0 Å². The molecule has 0 aliphatic heterocycles. The summed E-state index contributed by atoms with van der Waals surface area (Å²) in [5, 5.41) is 0. The van der Waals surface area contributed by atoms with Gasteiger partial charge in [0, 0.05) is 17.8 Å². The summed E-state index contributed by atoms with van der Waals surface area (Å²) in [6, 6.07) is 0. The van der Waals surface area contributed by atoms with Crippen LogP contribution in [-0.4, -0.2) is 37.9 Å². The van der Waals surface area contributed by atoms with Crippen LogP contribution in [0.3, 0.4) is 0 Å². The first-order valence-corrected chi connectivity index (χ1v) is 7.37. The second-order valence-electron chi connectivity index (χ2n) is 2.86. The average Bonchev–Trinajstić information content (AvgIpc) is 2.14. The third-order valence-corrected chi connectivity index (χ3v) is 2.29. The van der Waals surface area contributed by atoms with E-state index in [0.717, 1.165) is 19.4 Å². The Hall–Kier alpha value is 0.360. The molecular formula is C8H18ClO5P. The Morgan fingerprint density at radius 3 is 2.20 bits per heavy atom. The predicted octanol–water partition coefficient (Wildman–Crippen LogP) is 2.18. The van der Waals surface area contributed by atoms with Crippen molar-refractivity contribution in [2.45, 2.75) is 19.8 Å². The average molecular weight is 261 g/mol. The topological polar surface area (TPSA) is 65.0 Å². The van der Waals surface area contributed by atoms with E-state index in [1.54, 1.807) is 0 Å². The molecule has 0 bridgehead atoms. The molecule has 0 aromatic rings. The minimum absolute atomic E-state index is 0.00619. The van der Waals surface area contributed by atoms with Gasteiger partial charge < -0.3 is 14.4 Å². The molecule has 0 saturated heterocycles. The minimum Gasteiger partial charge on any atom is -0.379 e. The van der Waals surface area contributed by atoms with Crippen LogP contribution in [0.15, 0.2) is 0 Å². The van der Waals surface area contributed by atoms with Crippen molar-refractivity contribution in [3.8, 4) is 0 Å². The molecule has 7 heteroatoms. The molecule has 0 saturated carbocycles. The lowest BCUT2D eigenvalue weighted by molar-refractivity contribution is 0.0349. The Bertz CT molecular complexity index is 184. The zero-order chi connectivity index (χ0) is 11.6. The molecule has 5 nitrogen and oxygen atoms in total. The second-order valence-corrected chi connectivity index (χ2v) is 5.31. The molecule has 1 atom stereocenters. The van der Waals surface area contributed by atoms with Crippen molar-refractivity contribution in [2.24, 2.45) is 0 Å². The summed E-state index contributed by atoms with van der Waals surface area (Å²) in [4.78, 5) is 8.54. The second kappa shape index (κ2) is 9.58. The lowest BCUT2D eigenvalue weighted by Gasteiger charge is -2.06. The number of ether oxygens (including phenoxy) is 2. The number of hydrogen-bond donors (Lipinski definition) is 1. The zero-order valence-corrected chi connectivity index (χ0v) is 10.5.